The van der Waals surface area contributed by atoms with Crippen molar-refractivity contribution in [2.45, 2.75) is 6.92 Å². The molecule has 0 aliphatic rings. The molecule has 0 radical (unpaired) electrons. The Balaban J connectivity index is 1.98. The number of fused-ring (bicyclic) bond motifs is 1. The van der Waals surface area contributed by atoms with Crippen LogP contribution < -0.4 is 0 Å². The fourth-order valence-electron chi connectivity index (χ4n) is 3.08. The van der Waals surface area contributed by atoms with Crippen molar-refractivity contribution in [2.75, 3.05) is 0 Å². The van der Waals surface area contributed by atoms with Crippen LogP contribution in [0.25, 0.3) is 10.9 Å². The third kappa shape index (κ3) is 2.83. The number of hydrogen-bond acceptors (Lipinski definition) is 3. The predicted octanol–water partition coefficient (Wildman–Crippen LogP) is 4.45. The summed E-state index contributed by atoms with van der Waals surface area (Å²) in [6, 6.07) is 20.5. The monoisotopic (exact) mass is 326 g/mol. The predicted molar refractivity (Wildman–Crippen MR) is 101 cm³/mol. The summed E-state index contributed by atoms with van der Waals surface area (Å²) >= 11 is 0. The van der Waals surface area contributed by atoms with E-state index >= 15 is 0 Å². The van der Waals surface area contributed by atoms with Crippen LogP contribution in [0.4, 0.5) is 5.69 Å². The van der Waals surface area contributed by atoms with E-state index in [-0.39, 0.29) is 0 Å². The molecule has 0 amide bonds. The van der Waals surface area contributed by atoms with Crippen molar-refractivity contribution in [3.63, 3.8) is 0 Å². The van der Waals surface area contributed by atoms with Crippen molar-refractivity contribution >= 4 is 22.3 Å². The summed E-state index contributed by atoms with van der Waals surface area (Å²) in [5, 5.41) is 5.55. The van der Waals surface area contributed by atoms with Crippen molar-refractivity contribution in [3.05, 3.63) is 89.9 Å². The molecular formula is C21H18N4. The highest BCUT2D eigenvalue weighted by molar-refractivity contribution is 6.14. The Morgan fingerprint density at radius 3 is 2.08 bits per heavy atom. The second-order valence-electron chi connectivity index (χ2n) is 5.95. The molecule has 4 aromatic rings. The highest BCUT2D eigenvalue weighted by atomic mass is 15.3. The quantitative estimate of drug-likeness (QED) is 0.522. The Morgan fingerprint density at radius 1 is 0.880 bits per heavy atom. The molecule has 0 aliphatic carbocycles. The van der Waals surface area contributed by atoms with E-state index in [1.54, 1.807) is 0 Å². The maximum absolute atomic E-state index is 5.00. The normalized spacial score (nSPS) is 10.8. The molecule has 2 heterocycles. The molecule has 25 heavy (non-hydrogen) atoms. The molecule has 4 nitrogen and oxygen atoms in total. The third-order valence-electron chi connectivity index (χ3n) is 4.24. The summed E-state index contributed by atoms with van der Waals surface area (Å²) in [5.74, 6) is 0. The summed E-state index contributed by atoms with van der Waals surface area (Å²) in [4.78, 5) is 9.36. The largest absolute Gasteiger partial charge is 0.266 e. The van der Waals surface area contributed by atoms with Crippen molar-refractivity contribution < 1.29 is 0 Å². The van der Waals surface area contributed by atoms with E-state index in [0.29, 0.717) is 0 Å². The minimum absolute atomic E-state index is 0.839. The first-order chi connectivity index (χ1) is 12.2. The lowest BCUT2D eigenvalue weighted by atomic mass is 10.0. The van der Waals surface area contributed by atoms with E-state index in [9.17, 15) is 0 Å². The van der Waals surface area contributed by atoms with Gasteiger partial charge in [-0.2, -0.15) is 5.10 Å². The smallest absolute Gasteiger partial charge is 0.0933 e. The van der Waals surface area contributed by atoms with Crippen molar-refractivity contribution in [2.24, 2.45) is 12.0 Å². The minimum atomic E-state index is 0.839. The number of rotatable bonds is 3. The van der Waals surface area contributed by atoms with Crippen LogP contribution in [-0.4, -0.2) is 20.5 Å². The number of nitrogens with zero attached hydrogens (tertiary/aromatic N) is 4. The Morgan fingerprint density at radius 2 is 1.48 bits per heavy atom. The second kappa shape index (κ2) is 6.32. The lowest BCUT2D eigenvalue weighted by Crippen LogP contribution is -2.02. The Hall–Kier alpha value is -3.27. The number of aliphatic imine (C=N–C) groups is 1. The van der Waals surface area contributed by atoms with Crippen LogP contribution in [0.3, 0.4) is 0 Å². The van der Waals surface area contributed by atoms with Crippen LogP contribution in [0.2, 0.25) is 0 Å². The van der Waals surface area contributed by atoms with Gasteiger partial charge in [0, 0.05) is 18.2 Å². The molecule has 122 valence electrons. The highest BCUT2D eigenvalue weighted by Crippen LogP contribution is 2.29. The first-order valence-electron chi connectivity index (χ1n) is 8.21. The number of hydrogen-bond donors (Lipinski definition) is 0. The number of aromatic nitrogens is 3. The number of aryl methyl sites for hydroxylation is 2. The summed E-state index contributed by atoms with van der Waals surface area (Å²) in [6.45, 7) is 2.01. The standard InChI is InChI=1S/C21H18N4/c1-15-20-18(13-22-14-19(20)25(2)24-15)23-21(16-9-5-3-6-10-16)17-11-7-4-8-12-17/h3-14H,1-2H3. The van der Waals surface area contributed by atoms with Gasteiger partial charge in [-0.15, -0.1) is 0 Å². The lowest BCUT2D eigenvalue weighted by molar-refractivity contribution is 0.782. The van der Waals surface area contributed by atoms with Gasteiger partial charge in [-0.05, 0) is 6.92 Å². The van der Waals surface area contributed by atoms with Gasteiger partial charge in [0.05, 0.1) is 40.4 Å². The number of pyridine rings is 1. The summed E-state index contributed by atoms with van der Waals surface area (Å²) < 4.78 is 1.85. The van der Waals surface area contributed by atoms with Crippen LogP contribution in [0, 0.1) is 6.92 Å². The van der Waals surface area contributed by atoms with E-state index in [4.69, 9.17) is 4.99 Å². The molecule has 0 saturated carbocycles. The molecule has 0 N–H and O–H groups in total. The molecule has 2 aromatic heterocycles. The molecule has 0 bridgehead atoms. The molecule has 0 fully saturated rings. The fourth-order valence-corrected chi connectivity index (χ4v) is 3.08. The van der Waals surface area contributed by atoms with Gasteiger partial charge >= 0.3 is 0 Å². The van der Waals surface area contributed by atoms with Gasteiger partial charge in [-0.1, -0.05) is 60.7 Å². The van der Waals surface area contributed by atoms with Gasteiger partial charge in [-0.25, -0.2) is 4.99 Å². The molecule has 0 saturated heterocycles. The van der Waals surface area contributed by atoms with E-state index in [1.165, 1.54) is 0 Å². The average Bonchev–Trinajstić information content (AvgIpc) is 2.96. The molecule has 0 atom stereocenters. The zero-order valence-corrected chi connectivity index (χ0v) is 14.2. The van der Waals surface area contributed by atoms with E-state index < -0.39 is 0 Å². The minimum Gasteiger partial charge on any atom is -0.266 e. The summed E-state index contributed by atoms with van der Waals surface area (Å²) in [5.41, 5.74) is 5.86. The van der Waals surface area contributed by atoms with Gasteiger partial charge < -0.3 is 0 Å². The Labute approximate surface area is 146 Å². The maximum Gasteiger partial charge on any atom is 0.0933 e. The molecule has 0 aliphatic heterocycles. The second-order valence-corrected chi connectivity index (χ2v) is 5.95. The molecular weight excluding hydrogens is 308 g/mol. The van der Waals surface area contributed by atoms with Gasteiger partial charge in [0.2, 0.25) is 0 Å². The lowest BCUT2D eigenvalue weighted by Gasteiger charge is -2.08. The third-order valence-corrected chi connectivity index (χ3v) is 4.24. The first kappa shape index (κ1) is 15.3. The number of benzene rings is 2. The fraction of sp³-hybridized carbons (Fsp3) is 0.0952. The summed E-state index contributed by atoms with van der Waals surface area (Å²) in [7, 11) is 1.93. The molecule has 4 rings (SSSR count). The molecule has 2 aromatic carbocycles. The van der Waals surface area contributed by atoms with Crippen molar-refractivity contribution in [1.82, 2.24) is 14.8 Å². The average molecular weight is 326 g/mol. The van der Waals surface area contributed by atoms with E-state index in [2.05, 4.69) is 34.3 Å². The van der Waals surface area contributed by atoms with Crippen LogP contribution in [0.1, 0.15) is 16.8 Å². The zero-order chi connectivity index (χ0) is 17.2. The van der Waals surface area contributed by atoms with Gasteiger partial charge in [0.1, 0.15) is 0 Å². The first-order valence-corrected chi connectivity index (χ1v) is 8.21. The summed E-state index contributed by atoms with van der Waals surface area (Å²) in [6.07, 6.45) is 3.64. The molecule has 0 unspecified atom stereocenters. The van der Waals surface area contributed by atoms with Gasteiger partial charge in [0.15, 0.2) is 0 Å². The Bertz CT molecular complexity index is 1010. The van der Waals surface area contributed by atoms with Crippen LogP contribution >= 0.6 is 0 Å². The molecule has 0 spiro atoms. The SMILES string of the molecule is Cc1nn(C)c2cncc(N=C(c3ccccc3)c3ccccc3)c12. The Kier molecular flexibility index (Phi) is 3.86. The van der Waals surface area contributed by atoms with Crippen LogP contribution in [0.15, 0.2) is 78.0 Å². The van der Waals surface area contributed by atoms with Crippen LogP contribution in [-0.2, 0) is 7.05 Å². The topological polar surface area (TPSA) is 43.1 Å². The van der Waals surface area contributed by atoms with E-state index in [1.807, 2.05) is 67.4 Å². The maximum atomic E-state index is 5.00. The molecule has 4 heteroatoms. The van der Waals surface area contributed by atoms with Crippen molar-refractivity contribution in [3.8, 4) is 0 Å². The van der Waals surface area contributed by atoms with Crippen molar-refractivity contribution in [1.29, 1.82) is 0 Å². The van der Waals surface area contributed by atoms with Gasteiger partial charge in [0.25, 0.3) is 0 Å². The van der Waals surface area contributed by atoms with E-state index in [0.717, 1.165) is 39.1 Å². The highest BCUT2D eigenvalue weighted by Gasteiger charge is 2.12. The van der Waals surface area contributed by atoms with Gasteiger partial charge in [-0.3, -0.25) is 9.67 Å². The zero-order valence-electron chi connectivity index (χ0n) is 14.2. The van der Waals surface area contributed by atoms with Crippen LogP contribution in [0.5, 0.6) is 0 Å².